The van der Waals surface area contributed by atoms with Gasteiger partial charge in [-0.25, -0.2) is 0 Å². The maximum absolute atomic E-state index is 12.3. The molecule has 2 N–H and O–H groups in total. The summed E-state index contributed by atoms with van der Waals surface area (Å²) in [5.41, 5.74) is 0. The predicted molar refractivity (Wildman–Crippen MR) is 68.6 cm³/mol. The average molecular weight is 279 g/mol. The zero-order chi connectivity index (χ0) is 13.6. The molecule has 7 heteroatoms. The second kappa shape index (κ2) is 4.41. The quantitative estimate of drug-likeness (QED) is 0.814. The Morgan fingerprint density at radius 3 is 2.58 bits per heavy atom. The van der Waals surface area contributed by atoms with E-state index < -0.39 is 17.8 Å². The van der Waals surface area contributed by atoms with E-state index in [9.17, 15) is 14.7 Å². The molecule has 1 aromatic rings. The van der Waals surface area contributed by atoms with Gasteiger partial charge >= 0.3 is 5.97 Å². The number of rotatable bonds is 3. The highest BCUT2D eigenvalue weighted by Crippen LogP contribution is 2.48. The van der Waals surface area contributed by atoms with Crippen LogP contribution in [0.4, 0.5) is 5.13 Å². The molecule has 0 saturated heterocycles. The molecule has 0 aromatic carbocycles. The van der Waals surface area contributed by atoms with Crippen LogP contribution in [0, 0.1) is 30.6 Å². The van der Waals surface area contributed by atoms with Crippen molar-refractivity contribution in [2.24, 2.45) is 23.7 Å². The van der Waals surface area contributed by atoms with Crippen molar-refractivity contribution in [2.45, 2.75) is 13.3 Å². The molecule has 0 radical (unpaired) electrons. The Morgan fingerprint density at radius 1 is 1.32 bits per heavy atom. The molecule has 2 aliphatic rings. The van der Waals surface area contributed by atoms with Crippen molar-refractivity contribution in [3.63, 3.8) is 0 Å². The lowest BCUT2D eigenvalue weighted by Gasteiger charge is -2.23. The van der Waals surface area contributed by atoms with Crippen LogP contribution in [0.5, 0.6) is 0 Å². The molecular weight excluding hydrogens is 266 g/mol. The van der Waals surface area contributed by atoms with E-state index in [1.54, 1.807) is 6.92 Å². The SMILES string of the molecule is Cc1nnc(NC(=O)[C@H]2C3C=CC(C3)[C@H]2C(=O)O)s1. The molecule has 0 aliphatic heterocycles. The Balaban J connectivity index is 1.79. The fraction of sp³-hybridized carbons (Fsp3) is 0.500. The third kappa shape index (κ3) is 2.03. The summed E-state index contributed by atoms with van der Waals surface area (Å²) in [5, 5.41) is 20.8. The number of amides is 1. The second-order valence-electron chi connectivity index (χ2n) is 4.95. The fourth-order valence-electron chi connectivity index (χ4n) is 3.05. The van der Waals surface area contributed by atoms with Crippen LogP contribution < -0.4 is 5.32 Å². The van der Waals surface area contributed by atoms with Gasteiger partial charge in [-0.15, -0.1) is 10.2 Å². The van der Waals surface area contributed by atoms with E-state index in [-0.39, 0.29) is 17.7 Å². The van der Waals surface area contributed by atoms with Crippen LogP contribution in [-0.4, -0.2) is 27.2 Å². The van der Waals surface area contributed by atoms with Gasteiger partial charge in [0.05, 0.1) is 11.8 Å². The van der Waals surface area contributed by atoms with Crippen molar-refractivity contribution in [3.05, 3.63) is 17.2 Å². The van der Waals surface area contributed by atoms with E-state index >= 15 is 0 Å². The minimum Gasteiger partial charge on any atom is -0.481 e. The maximum atomic E-state index is 12.3. The topological polar surface area (TPSA) is 92.2 Å². The maximum Gasteiger partial charge on any atom is 0.307 e. The number of carboxylic acids is 1. The highest BCUT2D eigenvalue weighted by molar-refractivity contribution is 7.15. The summed E-state index contributed by atoms with van der Waals surface area (Å²) in [6.07, 6.45) is 4.63. The normalized spacial score (nSPS) is 31.6. The van der Waals surface area contributed by atoms with Crippen LogP contribution >= 0.6 is 11.3 Å². The molecule has 1 heterocycles. The van der Waals surface area contributed by atoms with Crippen LogP contribution in [0.25, 0.3) is 0 Å². The minimum atomic E-state index is -0.898. The number of carbonyl (C=O) groups excluding carboxylic acids is 1. The van der Waals surface area contributed by atoms with Crippen LogP contribution in [0.15, 0.2) is 12.2 Å². The van der Waals surface area contributed by atoms with Gasteiger partial charge in [0.2, 0.25) is 11.0 Å². The van der Waals surface area contributed by atoms with E-state index in [1.165, 1.54) is 11.3 Å². The van der Waals surface area contributed by atoms with Gasteiger partial charge < -0.3 is 10.4 Å². The van der Waals surface area contributed by atoms with Gasteiger partial charge in [0, 0.05) is 0 Å². The molecule has 100 valence electrons. The number of hydrogen-bond donors (Lipinski definition) is 2. The second-order valence-corrected chi connectivity index (χ2v) is 6.14. The third-order valence-electron chi connectivity index (χ3n) is 3.80. The number of nitrogens with one attached hydrogen (secondary N) is 1. The van der Waals surface area contributed by atoms with E-state index in [1.807, 2.05) is 12.2 Å². The first kappa shape index (κ1) is 12.3. The van der Waals surface area contributed by atoms with E-state index in [0.29, 0.717) is 5.13 Å². The smallest absolute Gasteiger partial charge is 0.307 e. The Morgan fingerprint density at radius 2 is 2.00 bits per heavy atom. The number of hydrogen-bond acceptors (Lipinski definition) is 5. The number of aryl methyl sites for hydroxylation is 1. The monoisotopic (exact) mass is 279 g/mol. The van der Waals surface area contributed by atoms with Gasteiger partial charge in [0.15, 0.2) is 0 Å². The third-order valence-corrected chi connectivity index (χ3v) is 4.56. The van der Waals surface area contributed by atoms with Gasteiger partial charge in [-0.05, 0) is 25.2 Å². The largest absolute Gasteiger partial charge is 0.481 e. The molecule has 1 fully saturated rings. The molecule has 4 atom stereocenters. The van der Waals surface area contributed by atoms with Crippen molar-refractivity contribution < 1.29 is 14.7 Å². The number of carbonyl (C=O) groups is 2. The number of nitrogens with zero attached hydrogens (tertiary/aromatic N) is 2. The summed E-state index contributed by atoms with van der Waals surface area (Å²) in [6, 6.07) is 0. The summed E-state index contributed by atoms with van der Waals surface area (Å²) in [6.45, 7) is 1.80. The zero-order valence-corrected chi connectivity index (χ0v) is 11.1. The summed E-state index contributed by atoms with van der Waals surface area (Å²) in [5.74, 6) is -2.28. The van der Waals surface area contributed by atoms with Crippen LogP contribution in [-0.2, 0) is 9.59 Å². The molecule has 19 heavy (non-hydrogen) atoms. The van der Waals surface area contributed by atoms with Crippen molar-refractivity contribution in [1.29, 1.82) is 0 Å². The average Bonchev–Trinajstić information content (AvgIpc) is 3.03. The molecule has 3 rings (SSSR count). The van der Waals surface area contributed by atoms with Crippen molar-refractivity contribution in [2.75, 3.05) is 5.32 Å². The van der Waals surface area contributed by atoms with Gasteiger partial charge in [-0.1, -0.05) is 23.5 Å². The molecular formula is C12H13N3O3S. The van der Waals surface area contributed by atoms with E-state index in [4.69, 9.17) is 0 Å². The lowest BCUT2D eigenvalue weighted by Crippen LogP contribution is -2.36. The molecule has 1 amide bonds. The van der Waals surface area contributed by atoms with Crippen LogP contribution in [0.1, 0.15) is 11.4 Å². The zero-order valence-electron chi connectivity index (χ0n) is 10.2. The fourth-order valence-corrected chi connectivity index (χ4v) is 3.65. The number of carboxylic acid groups (broad SMARTS) is 1. The molecule has 2 aliphatic carbocycles. The van der Waals surface area contributed by atoms with Crippen molar-refractivity contribution in [3.8, 4) is 0 Å². The highest BCUT2D eigenvalue weighted by Gasteiger charge is 2.51. The lowest BCUT2D eigenvalue weighted by molar-refractivity contribution is -0.146. The van der Waals surface area contributed by atoms with Crippen LogP contribution in [0.2, 0.25) is 0 Å². The Kier molecular flexibility index (Phi) is 2.85. The molecule has 0 spiro atoms. The first-order valence-corrected chi connectivity index (χ1v) is 6.90. The summed E-state index contributed by atoms with van der Waals surface area (Å²) in [7, 11) is 0. The predicted octanol–water partition coefficient (Wildman–Crippen LogP) is 1.31. The Bertz CT molecular complexity index is 568. The van der Waals surface area contributed by atoms with Gasteiger partial charge in [-0.2, -0.15) is 0 Å². The summed E-state index contributed by atoms with van der Waals surface area (Å²) in [4.78, 5) is 23.6. The minimum absolute atomic E-state index is 0.0191. The number of allylic oxidation sites excluding steroid dienone is 2. The number of anilines is 1. The number of aliphatic carboxylic acids is 1. The molecule has 6 nitrogen and oxygen atoms in total. The van der Waals surface area contributed by atoms with Crippen molar-refractivity contribution >= 4 is 28.3 Å². The Labute approximate surface area is 113 Å². The van der Waals surface area contributed by atoms with Gasteiger partial charge in [-0.3, -0.25) is 9.59 Å². The molecule has 2 unspecified atom stereocenters. The van der Waals surface area contributed by atoms with Crippen LogP contribution in [0.3, 0.4) is 0 Å². The highest BCUT2D eigenvalue weighted by atomic mass is 32.1. The summed E-state index contributed by atoms with van der Waals surface area (Å²) >= 11 is 1.28. The standard InChI is InChI=1S/C12H13N3O3S/c1-5-14-15-12(19-5)13-10(16)8-6-2-3-7(4-6)9(8)11(17)18/h2-3,6-9H,4H2,1H3,(H,17,18)(H,13,15,16)/t6?,7?,8-,9+/m0/s1. The first-order valence-electron chi connectivity index (χ1n) is 6.08. The first-order chi connectivity index (χ1) is 9.06. The van der Waals surface area contributed by atoms with Gasteiger partial charge in [0.25, 0.3) is 0 Å². The lowest BCUT2D eigenvalue weighted by atomic mass is 9.82. The summed E-state index contributed by atoms with van der Waals surface area (Å²) < 4.78 is 0. The van der Waals surface area contributed by atoms with Gasteiger partial charge in [0.1, 0.15) is 5.01 Å². The molecule has 1 saturated carbocycles. The number of fused-ring (bicyclic) bond motifs is 2. The molecule has 1 aromatic heterocycles. The Hall–Kier alpha value is -1.76. The number of aromatic nitrogens is 2. The van der Waals surface area contributed by atoms with E-state index in [2.05, 4.69) is 15.5 Å². The molecule has 2 bridgehead atoms. The van der Waals surface area contributed by atoms with E-state index in [0.717, 1.165) is 11.4 Å². The van der Waals surface area contributed by atoms with Crippen molar-refractivity contribution in [1.82, 2.24) is 10.2 Å².